The summed E-state index contributed by atoms with van der Waals surface area (Å²) in [7, 11) is 130. The number of thiol groups is 1. The van der Waals surface area contributed by atoms with E-state index in [2.05, 4.69) is 11.7 Å². The van der Waals surface area contributed by atoms with Gasteiger partial charge in [0.15, 0.2) is 0 Å². The first-order valence-electron chi connectivity index (χ1n) is 13.6. The average Bonchev–Trinajstić information content (AvgIpc) is 3.47. The molecule has 488 valence electrons. The standard InChI is InChI=1S/CH4O2S78/c1-3-80(2)81(5,6)79-78-77-76-75-74-73-72-71-70-69-68-67-66-65-64-63-62-61-60-59-58-57-56-55-54-53-52-51-50-49-48-47-46-45-44-43-42-41-40-39-38-37-36-35-34-33-32-31-30-29-28-27-26-25-24-23-22-21-20-19-18-17-16-15-14-13-12-11-10-9-8-7-4/h4H,1H3. The second-order valence-corrected chi connectivity index (χ2v) is 147. The Hall–Kier alpha value is 26.8. The third kappa shape index (κ3) is 97.3. The van der Waals surface area contributed by atoms with E-state index >= 15 is 0 Å². The van der Waals surface area contributed by atoms with Gasteiger partial charge >= 0.3 is 0 Å². The molecule has 0 aromatic heterocycles. The molecule has 0 N–H and O–H groups in total. The van der Waals surface area contributed by atoms with Gasteiger partial charge in [0.2, 0.25) is 10.1 Å². The largest absolute Gasteiger partial charge is 0.284 e. The van der Waals surface area contributed by atoms with Crippen LogP contribution in [0.25, 0.3) is 0 Å². The van der Waals surface area contributed by atoms with Crippen molar-refractivity contribution in [2.45, 2.75) is 0 Å². The van der Waals surface area contributed by atoms with Crippen LogP contribution in [0.4, 0.5) is 0 Å². The summed E-state index contributed by atoms with van der Waals surface area (Å²) in [5, 5.41) is -2.14. The van der Waals surface area contributed by atoms with Crippen molar-refractivity contribution in [3.8, 4) is 0 Å². The van der Waals surface area contributed by atoms with E-state index in [1.54, 1.807) is 177 Å². The van der Waals surface area contributed by atoms with E-state index in [9.17, 15) is 4.21 Å². The van der Waals surface area contributed by atoms with E-state index in [4.69, 9.17) is 26.6 Å². The molecule has 80 heteroatoms. The molecule has 0 aliphatic heterocycles. The fourth-order valence-corrected chi connectivity index (χ4v) is 208. The first-order chi connectivity index (χ1) is 40.0. The maximum Gasteiger partial charge on any atom is 0.236 e. The maximum absolute atomic E-state index is 11.6. The molecule has 0 amide bonds. The van der Waals surface area contributed by atoms with Crippen molar-refractivity contribution in [1.82, 2.24) is 0 Å². The van der Waals surface area contributed by atoms with Crippen LogP contribution in [0.3, 0.4) is 0 Å². The lowest BCUT2D eigenvalue weighted by atomic mass is 11.8. The summed E-state index contributed by atoms with van der Waals surface area (Å²) in [6.07, 6.45) is 0. The Morgan fingerprint density at radius 2 is 0.321 bits per heavy atom. The molecule has 0 rings (SSSR count). The summed E-state index contributed by atoms with van der Waals surface area (Å²) in [6.45, 7) is 0. The first kappa shape index (κ1) is 108. The summed E-state index contributed by atoms with van der Waals surface area (Å²) >= 11 is 14.5. The molecule has 0 aromatic rings. The van der Waals surface area contributed by atoms with Crippen LogP contribution in [0.1, 0.15) is 0 Å². The zero-order chi connectivity index (χ0) is 58.4. The Morgan fingerprint density at radius 1 is 0.222 bits per heavy atom. The quantitative estimate of drug-likeness (QED) is 0.0355. The summed E-state index contributed by atoms with van der Waals surface area (Å²) in [5.74, 6) is 0. The van der Waals surface area contributed by atoms with E-state index in [1.807, 2.05) is 511 Å². The van der Waals surface area contributed by atoms with Crippen molar-refractivity contribution in [3.05, 3.63) is 0 Å². The van der Waals surface area contributed by atoms with Crippen LogP contribution in [0, 0.1) is 0 Å². The first-order valence-corrected chi connectivity index (χ1v) is 117. The molecule has 0 spiro atoms. The summed E-state index contributed by atoms with van der Waals surface area (Å²) in [4.78, 5) is 0. The zero-order valence-corrected chi connectivity index (χ0v) is 97.5. The van der Waals surface area contributed by atoms with Crippen LogP contribution >= 0.6 is 729 Å². The Labute approximate surface area is 760 Å². The van der Waals surface area contributed by atoms with Gasteiger partial charge < -0.3 is 0 Å². The second-order valence-electron chi connectivity index (χ2n) is 5.75. The van der Waals surface area contributed by atoms with Crippen LogP contribution in [-0.4, -0.2) is 11.3 Å². The summed E-state index contributed by atoms with van der Waals surface area (Å²) < 4.78 is 16.4. The van der Waals surface area contributed by atoms with Crippen molar-refractivity contribution < 1.29 is 8.39 Å². The van der Waals surface area contributed by atoms with E-state index in [-0.39, 0.29) is 0 Å². The topological polar surface area (TPSA) is 26.3 Å². The van der Waals surface area contributed by atoms with Crippen LogP contribution < -0.4 is 0 Å². The molecule has 0 heterocycles. The van der Waals surface area contributed by atoms with Crippen LogP contribution in [0.15, 0.2) is 0 Å². The van der Waals surface area contributed by atoms with Gasteiger partial charge in [-0.15, -0.1) is 0 Å². The smallest absolute Gasteiger partial charge is 0.236 e. The molecule has 0 fully saturated rings. The SMILES string of the molecule is COS(=O)S(=S)(=S)SSSSSSSSSSSSSSSSSSSSSSSSSSSSSSSSSSSSSSSSSSSSSSSSSSSSSSSSSSSSSSSSSSSSSSSSSS. The molecule has 2 nitrogen and oxygen atoms in total. The van der Waals surface area contributed by atoms with Gasteiger partial charge in [-0.05, 0) is 101 Å². The molecule has 81 heavy (non-hydrogen) atoms. The minimum atomic E-state index is -2.14. The number of hydrogen-bond donors (Lipinski definition) is 1. The number of rotatable bonds is 75. The van der Waals surface area contributed by atoms with Gasteiger partial charge in [0.05, 0.1) is 12.3 Å². The maximum atomic E-state index is 11.6. The van der Waals surface area contributed by atoms with E-state index in [1.165, 1.54) is 36.6 Å². The number of hydrogen-bond acceptors (Lipinski definition) is 78. The fraction of sp³-hybridized carbons (Fsp3) is 1.00. The lowest BCUT2D eigenvalue weighted by molar-refractivity contribution is 0.457. The van der Waals surface area contributed by atoms with Crippen molar-refractivity contribution in [1.29, 1.82) is 0 Å². The lowest BCUT2D eigenvalue weighted by Gasteiger charge is -2.04. The van der Waals surface area contributed by atoms with Gasteiger partial charge in [-0.1, -0.05) is 11.7 Å². The lowest BCUT2D eigenvalue weighted by Crippen LogP contribution is -2.00. The van der Waals surface area contributed by atoms with Gasteiger partial charge in [-0.25, -0.2) is 4.21 Å². The van der Waals surface area contributed by atoms with Crippen molar-refractivity contribution in [2.75, 3.05) is 7.11 Å². The van der Waals surface area contributed by atoms with Gasteiger partial charge in [0.25, 0.3) is 0 Å². The van der Waals surface area contributed by atoms with Crippen LogP contribution in [0.5, 0.6) is 0 Å². The van der Waals surface area contributed by atoms with E-state index in [0.717, 1.165) is 0 Å². The predicted octanol–water partition coefficient (Wildman–Crippen LogP) is 47.5. The zero-order valence-electron chi connectivity index (χ0n) is 33.7. The monoisotopic (exact) mass is 2540 g/mol. The molecule has 0 radical (unpaired) electrons. The highest BCUT2D eigenvalue weighted by atomic mass is 34.1. The molecule has 0 aliphatic carbocycles. The predicted molar refractivity (Wildman–Crippen MR) is 600 cm³/mol. The van der Waals surface area contributed by atoms with Crippen molar-refractivity contribution >= 4 is 767 Å². The molecular formula is CH4O2S78. The van der Waals surface area contributed by atoms with E-state index < -0.39 is 15.3 Å². The molecule has 0 aliphatic rings. The summed E-state index contributed by atoms with van der Waals surface area (Å²) in [5.41, 5.74) is 0. The van der Waals surface area contributed by atoms with E-state index in [0.29, 0.717) is 0 Å². The highest BCUT2D eigenvalue weighted by Gasteiger charge is 2.14. The van der Waals surface area contributed by atoms with Crippen molar-refractivity contribution in [2.24, 2.45) is 0 Å². The Morgan fingerprint density at radius 3 is 0.420 bits per heavy atom. The molecule has 1 unspecified atom stereocenters. The molecular weight excluding hydrogens is 2550 g/mol. The minimum Gasteiger partial charge on any atom is -0.284 e. The average molecular weight is 2550 g/mol. The second kappa shape index (κ2) is 99.2. The molecule has 0 bridgehead atoms. The van der Waals surface area contributed by atoms with Crippen LogP contribution in [0.2, 0.25) is 0 Å². The normalized spacial score (nSPS) is 12.4. The Kier molecular flexibility index (Phi) is 132. The molecule has 0 aromatic carbocycles. The van der Waals surface area contributed by atoms with Gasteiger partial charge in [-0.2, -0.15) is 0 Å². The van der Waals surface area contributed by atoms with Crippen LogP contribution in [-0.2, 0) is 41.9 Å². The highest BCUT2D eigenvalue weighted by Crippen LogP contribution is 2.71. The Bertz CT molecular complexity index is 1240. The minimum absolute atomic E-state index is 1.29. The van der Waals surface area contributed by atoms with Gasteiger partial charge in [-0.3, -0.25) is 4.18 Å². The van der Waals surface area contributed by atoms with Gasteiger partial charge in [0.1, 0.15) is 0 Å². The highest BCUT2D eigenvalue weighted by molar-refractivity contribution is 9.66. The molecule has 0 saturated heterocycles. The third-order valence-corrected chi connectivity index (χ3v) is 174. The molecule has 0 saturated carbocycles. The Balaban J connectivity index is 3.11. The van der Waals surface area contributed by atoms with Gasteiger partial charge in [0, 0.05) is 639 Å². The third-order valence-electron chi connectivity index (χ3n) is 2.39. The van der Waals surface area contributed by atoms with Crippen molar-refractivity contribution in [3.63, 3.8) is 0 Å². The fourth-order valence-electron chi connectivity index (χ4n) is 0.946. The molecule has 1 atom stereocenters. The summed E-state index contributed by atoms with van der Waals surface area (Å²) in [6, 6.07) is 0.